The molecule has 3 amide bonds. The van der Waals surface area contributed by atoms with E-state index in [1.807, 2.05) is 0 Å². The number of sulfonamides is 1. The molecule has 0 unspecified atom stereocenters. The van der Waals surface area contributed by atoms with E-state index in [1.165, 1.54) is 42.5 Å². The van der Waals surface area contributed by atoms with Crippen molar-refractivity contribution >= 4 is 37.9 Å². The second-order valence-corrected chi connectivity index (χ2v) is 9.80. The van der Waals surface area contributed by atoms with Crippen molar-refractivity contribution in [1.82, 2.24) is 9.03 Å². The second-order valence-electron chi connectivity index (χ2n) is 6.34. The first kappa shape index (κ1) is 21.4. The lowest BCUT2D eigenvalue weighted by Gasteiger charge is -2.21. The average Bonchev–Trinajstić information content (AvgIpc) is 2.94. The van der Waals surface area contributed by atoms with Crippen molar-refractivity contribution in [2.45, 2.75) is 11.3 Å². The number of nitrogens with zero attached hydrogens (tertiary/aromatic N) is 2. The van der Waals surface area contributed by atoms with Crippen LogP contribution in [-0.4, -0.2) is 51.3 Å². The highest BCUT2D eigenvalue weighted by atomic mass is 32.2. The number of benzene rings is 2. The monoisotopic (exact) mass is 454 g/mol. The highest BCUT2D eigenvalue weighted by Crippen LogP contribution is 2.31. The molecule has 4 N–H and O–H groups in total. The number of carbonyl (C=O) groups is 2. The molecule has 1 aliphatic heterocycles. The minimum Gasteiger partial charge on any atom is -0.506 e. The number of urea groups is 1. The largest absolute Gasteiger partial charge is 0.506 e. The molecule has 30 heavy (non-hydrogen) atoms. The molecule has 1 saturated heterocycles. The first-order chi connectivity index (χ1) is 14.0. The van der Waals surface area contributed by atoms with Crippen molar-refractivity contribution < 1.29 is 31.5 Å². The number of phenols is 1. The van der Waals surface area contributed by atoms with Gasteiger partial charge in [0.1, 0.15) is 12.3 Å². The molecule has 160 valence electrons. The summed E-state index contributed by atoms with van der Waals surface area (Å²) in [7, 11) is -8.25. The Balaban J connectivity index is 1.80. The van der Waals surface area contributed by atoms with E-state index in [0.717, 1.165) is 0 Å². The SMILES string of the molecule is NC(=O)N(CCc1ccc(N2CC(=O)NS2(=O)=O)c(O)c1)S(=O)(=O)c1ccccc1. The van der Waals surface area contributed by atoms with Gasteiger partial charge < -0.3 is 10.8 Å². The second kappa shape index (κ2) is 7.84. The predicted octanol–water partition coefficient (Wildman–Crippen LogP) is -0.115. The van der Waals surface area contributed by atoms with Crippen molar-refractivity contribution in [3.8, 4) is 5.75 Å². The number of amides is 3. The Hall–Kier alpha value is -3.32. The van der Waals surface area contributed by atoms with Crippen LogP contribution >= 0.6 is 0 Å². The molecule has 3 rings (SSSR count). The quantitative estimate of drug-likeness (QED) is 0.547. The van der Waals surface area contributed by atoms with Crippen LogP contribution in [0.1, 0.15) is 5.56 Å². The van der Waals surface area contributed by atoms with Gasteiger partial charge >= 0.3 is 16.2 Å². The summed E-state index contributed by atoms with van der Waals surface area (Å²) in [5.74, 6) is -1.16. The molecule has 0 spiro atoms. The molecule has 1 heterocycles. The maximum atomic E-state index is 12.7. The standard InChI is InChI=1S/C17H18N4O7S2/c18-17(24)20(29(25,26)13-4-2-1-3-5-13)9-8-12-6-7-14(15(22)10-12)21-11-16(23)19-30(21,27)28/h1-7,10,22H,8-9,11H2,(H2,18,24)(H,19,23). The summed E-state index contributed by atoms with van der Waals surface area (Å²) in [6.45, 7) is -0.770. The van der Waals surface area contributed by atoms with E-state index in [-0.39, 0.29) is 23.5 Å². The summed E-state index contributed by atoms with van der Waals surface area (Å²) in [6.07, 6.45) is 0.00672. The van der Waals surface area contributed by atoms with Gasteiger partial charge in [-0.1, -0.05) is 24.3 Å². The molecule has 0 bridgehead atoms. The van der Waals surface area contributed by atoms with Crippen molar-refractivity contribution in [3.63, 3.8) is 0 Å². The predicted molar refractivity (Wildman–Crippen MR) is 106 cm³/mol. The van der Waals surface area contributed by atoms with Crippen LogP contribution in [0.5, 0.6) is 5.75 Å². The fourth-order valence-corrected chi connectivity index (χ4v) is 5.38. The third-order valence-electron chi connectivity index (χ3n) is 4.31. The van der Waals surface area contributed by atoms with E-state index >= 15 is 0 Å². The molecule has 2 aromatic rings. The van der Waals surface area contributed by atoms with Gasteiger partial charge in [0.05, 0.1) is 10.6 Å². The van der Waals surface area contributed by atoms with Gasteiger partial charge in [-0.2, -0.15) is 8.42 Å². The Morgan fingerprint density at radius 3 is 2.40 bits per heavy atom. The van der Waals surface area contributed by atoms with E-state index in [1.54, 1.807) is 10.8 Å². The van der Waals surface area contributed by atoms with Crippen LogP contribution in [-0.2, 0) is 31.4 Å². The Kier molecular flexibility index (Phi) is 5.59. The van der Waals surface area contributed by atoms with E-state index < -0.39 is 44.5 Å². The number of hydrogen-bond donors (Lipinski definition) is 3. The van der Waals surface area contributed by atoms with Crippen LogP contribution in [0.3, 0.4) is 0 Å². The van der Waals surface area contributed by atoms with Gasteiger partial charge in [-0.05, 0) is 36.2 Å². The summed E-state index contributed by atoms with van der Waals surface area (Å²) in [5.41, 5.74) is 5.56. The zero-order valence-corrected chi connectivity index (χ0v) is 17.1. The molecule has 13 heteroatoms. The van der Waals surface area contributed by atoms with Gasteiger partial charge in [-0.15, -0.1) is 0 Å². The number of anilines is 1. The number of carbonyl (C=O) groups excluding carboxylic acids is 2. The van der Waals surface area contributed by atoms with Crippen molar-refractivity contribution in [3.05, 3.63) is 54.1 Å². The molecule has 0 radical (unpaired) electrons. The molecule has 1 fully saturated rings. The first-order valence-corrected chi connectivity index (χ1v) is 11.4. The smallest absolute Gasteiger partial charge is 0.328 e. The Labute approximate surface area is 172 Å². The van der Waals surface area contributed by atoms with Gasteiger partial charge in [0.2, 0.25) is 0 Å². The maximum absolute atomic E-state index is 12.7. The minimum absolute atomic E-state index is 0.00672. The summed E-state index contributed by atoms with van der Waals surface area (Å²) >= 11 is 0. The van der Waals surface area contributed by atoms with Gasteiger partial charge in [-0.3, -0.25) is 4.79 Å². The van der Waals surface area contributed by atoms with E-state index in [9.17, 15) is 31.5 Å². The fraction of sp³-hybridized carbons (Fsp3) is 0.176. The molecule has 0 saturated carbocycles. The topological polar surface area (TPSA) is 167 Å². The normalized spacial score (nSPS) is 15.6. The molecule has 11 nitrogen and oxygen atoms in total. The third kappa shape index (κ3) is 4.16. The van der Waals surface area contributed by atoms with Crippen LogP contribution in [0, 0.1) is 0 Å². The Morgan fingerprint density at radius 2 is 1.87 bits per heavy atom. The van der Waals surface area contributed by atoms with Gasteiger partial charge in [0.15, 0.2) is 0 Å². The third-order valence-corrected chi connectivity index (χ3v) is 7.51. The minimum atomic E-state index is -4.16. The highest BCUT2D eigenvalue weighted by molar-refractivity contribution is 7.92. The first-order valence-electron chi connectivity index (χ1n) is 8.55. The Morgan fingerprint density at radius 1 is 1.20 bits per heavy atom. The molecular formula is C17H18N4O7S2. The van der Waals surface area contributed by atoms with Crippen LogP contribution in [0.2, 0.25) is 0 Å². The lowest BCUT2D eigenvalue weighted by molar-refractivity contribution is -0.117. The highest BCUT2D eigenvalue weighted by Gasteiger charge is 2.35. The number of primary amides is 1. The number of phenolic OH excluding ortho intramolecular Hbond substituents is 1. The summed E-state index contributed by atoms with van der Waals surface area (Å²) < 4.78 is 52.1. The van der Waals surface area contributed by atoms with Gasteiger partial charge in [-0.25, -0.2) is 26.5 Å². The Bertz CT molecular complexity index is 1200. The molecule has 0 aliphatic carbocycles. The number of nitrogens with one attached hydrogen (secondary N) is 1. The summed E-state index contributed by atoms with van der Waals surface area (Å²) in [6, 6.07) is 10.1. The molecule has 0 atom stereocenters. The average molecular weight is 454 g/mol. The maximum Gasteiger partial charge on any atom is 0.328 e. The molecule has 0 aromatic heterocycles. The van der Waals surface area contributed by atoms with Crippen molar-refractivity contribution in [1.29, 1.82) is 0 Å². The van der Waals surface area contributed by atoms with Gasteiger partial charge in [0, 0.05) is 6.54 Å². The fourth-order valence-electron chi connectivity index (χ4n) is 2.90. The zero-order valence-electron chi connectivity index (χ0n) is 15.4. The van der Waals surface area contributed by atoms with E-state index in [4.69, 9.17) is 5.73 Å². The number of aromatic hydroxyl groups is 1. The number of rotatable bonds is 6. The summed E-state index contributed by atoms with van der Waals surface area (Å²) in [4.78, 5) is 23.0. The lowest BCUT2D eigenvalue weighted by atomic mass is 10.1. The number of hydrogen-bond acceptors (Lipinski definition) is 7. The summed E-state index contributed by atoms with van der Waals surface area (Å²) in [5, 5.41) is 10.2. The van der Waals surface area contributed by atoms with Gasteiger partial charge in [0.25, 0.3) is 15.9 Å². The van der Waals surface area contributed by atoms with Crippen LogP contribution in [0.25, 0.3) is 0 Å². The number of nitrogens with two attached hydrogens (primary N) is 1. The molecular weight excluding hydrogens is 436 g/mol. The van der Waals surface area contributed by atoms with Crippen LogP contribution in [0.4, 0.5) is 10.5 Å². The molecule has 1 aliphatic rings. The van der Waals surface area contributed by atoms with Crippen LogP contribution in [0.15, 0.2) is 53.4 Å². The lowest BCUT2D eigenvalue weighted by Crippen LogP contribution is -2.41. The van der Waals surface area contributed by atoms with Crippen molar-refractivity contribution in [2.75, 3.05) is 17.4 Å². The van der Waals surface area contributed by atoms with Crippen molar-refractivity contribution in [2.24, 2.45) is 5.73 Å². The zero-order chi connectivity index (χ0) is 22.1. The molecule has 2 aromatic carbocycles. The van der Waals surface area contributed by atoms with E-state index in [0.29, 0.717) is 14.2 Å². The van der Waals surface area contributed by atoms with Crippen LogP contribution < -0.4 is 14.8 Å². The van der Waals surface area contributed by atoms with E-state index in [2.05, 4.69) is 0 Å².